The number of carbonyl (C=O) groups excluding carboxylic acids is 1. The van der Waals surface area contributed by atoms with Gasteiger partial charge in [-0.05, 0) is 70.6 Å². The first kappa shape index (κ1) is 22.2. The number of pyridine rings is 1. The summed E-state index contributed by atoms with van der Waals surface area (Å²) in [6.07, 6.45) is 1.78. The number of ether oxygens (including phenoxy) is 1. The lowest BCUT2D eigenvalue weighted by Crippen LogP contribution is -2.29. The summed E-state index contributed by atoms with van der Waals surface area (Å²) in [6.45, 7) is -0.0424. The zero-order valence-electron chi connectivity index (χ0n) is 16.3. The number of rotatable bonds is 6. The number of benzene rings is 1. The van der Waals surface area contributed by atoms with E-state index in [1.54, 1.807) is 29.7 Å². The summed E-state index contributed by atoms with van der Waals surface area (Å²) < 4.78 is 5.89. The Morgan fingerprint density at radius 2 is 2.19 bits per heavy atom. The number of hydrogen-bond acceptors (Lipinski definition) is 5. The molecule has 160 valence electrons. The van der Waals surface area contributed by atoms with Gasteiger partial charge in [-0.25, -0.2) is 0 Å². The summed E-state index contributed by atoms with van der Waals surface area (Å²) in [5.41, 5.74) is 2.24. The highest BCUT2D eigenvalue weighted by atomic mass is 79.9. The molecule has 31 heavy (non-hydrogen) atoms. The molecule has 1 saturated heterocycles. The summed E-state index contributed by atoms with van der Waals surface area (Å²) in [4.78, 5) is 19.6. The number of anilines is 2. The van der Waals surface area contributed by atoms with Gasteiger partial charge in [-0.1, -0.05) is 17.7 Å². The molecule has 0 saturated carbocycles. The van der Waals surface area contributed by atoms with Crippen LogP contribution in [0, 0.1) is 0 Å². The lowest BCUT2D eigenvalue weighted by molar-refractivity contribution is -0.119. The van der Waals surface area contributed by atoms with E-state index in [2.05, 4.69) is 37.6 Å². The summed E-state index contributed by atoms with van der Waals surface area (Å²) in [6, 6.07) is 15.2. The molecule has 1 aliphatic rings. The molecule has 0 spiro atoms. The largest absolute Gasteiger partial charge is 0.375 e. The maximum absolute atomic E-state index is 11.9. The van der Waals surface area contributed by atoms with Crippen LogP contribution in [0.2, 0.25) is 5.02 Å². The second-order valence-electron chi connectivity index (χ2n) is 6.78. The quantitative estimate of drug-likeness (QED) is 0.415. The van der Waals surface area contributed by atoms with Crippen molar-refractivity contribution in [2.45, 2.75) is 12.1 Å². The Labute approximate surface area is 202 Å². The van der Waals surface area contributed by atoms with Crippen LogP contribution < -0.4 is 15.5 Å². The van der Waals surface area contributed by atoms with Crippen molar-refractivity contribution in [3.63, 3.8) is 0 Å². The highest BCUT2D eigenvalue weighted by Crippen LogP contribution is 2.45. The van der Waals surface area contributed by atoms with E-state index in [9.17, 15) is 4.79 Å². The van der Waals surface area contributed by atoms with Gasteiger partial charge in [0, 0.05) is 23.9 Å². The smallest absolute Gasteiger partial charge is 0.250 e. The Hall–Kier alpha value is -2.04. The molecular formula is C21H18BrClN4O2S2. The van der Waals surface area contributed by atoms with Crippen LogP contribution in [0.25, 0.3) is 0 Å². The fourth-order valence-electron chi connectivity index (χ4n) is 3.48. The summed E-state index contributed by atoms with van der Waals surface area (Å²) in [5, 5.41) is 7.16. The molecule has 6 nitrogen and oxygen atoms in total. The van der Waals surface area contributed by atoms with E-state index in [4.69, 9.17) is 28.6 Å². The van der Waals surface area contributed by atoms with Gasteiger partial charge in [-0.3, -0.25) is 9.78 Å². The molecule has 10 heteroatoms. The molecule has 2 N–H and O–H groups in total. The van der Waals surface area contributed by atoms with Crippen molar-refractivity contribution in [1.29, 1.82) is 0 Å². The van der Waals surface area contributed by atoms with Crippen molar-refractivity contribution >= 4 is 73.5 Å². The zero-order chi connectivity index (χ0) is 22.0. The van der Waals surface area contributed by atoms with Crippen molar-refractivity contribution in [3.05, 3.63) is 74.1 Å². The van der Waals surface area contributed by atoms with E-state index in [0.29, 0.717) is 15.8 Å². The fourth-order valence-corrected chi connectivity index (χ4v) is 5.60. The minimum absolute atomic E-state index is 0.0424. The van der Waals surface area contributed by atoms with E-state index < -0.39 is 0 Å². The molecule has 2 atom stereocenters. The highest BCUT2D eigenvalue weighted by Gasteiger charge is 2.41. The number of hydrogen-bond donors (Lipinski definition) is 2. The van der Waals surface area contributed by atoms with Crippen LogP contribution in [0.15, 0.2) is 58.5 Å². The van der Waals surface area contributed by atoms with Crippen LogP contribution in [-0.2, 0) is 9.53 Å². The molecule has 1 fully saturated rings. The second-order valence-corrected chi connectivity index (χ2v) is 10.1. The minimum Gasteiger partial charge on any atom is -0.375 e. The number of carbonyl (C=O) groups is 1. The molecule has 2 unspecified atom stereocenters. The number of halogens is 2. The molecule has 1 aromatic carbocycles. The van der Waals surface area contributed by atoms with Crippen LogP contribution in [-0.4, -0.2) is 29.7 Å². The zero-order valence-corrected chi connectivity index (χ0v) is 20.3. The Balaban J connectivity index is 1.71. The third-order valence-electron chi connectivity index (χ3n) is 4.76. The van der Waals surface area contributed by atoms with Crippen molar-refractivity contribution in [2.24, 2.45) is 0 Å². The predicted octanol–water partition coefficient (Wildman–Crippen LogP) is 5.32. The third-order valence-corrected chi connectivity index (χ3v) is 7.09. The lowest BCUT2D eigenvalue weighted by Gasteiger charge is -2.27. The van der Waals surface area contributed by atoms with Gasteiger partial charge in [0.2, 0.25) is 5.91 Å². The number of amides is 1. The number of nitrogens with zero attached hydrogens (tertiary/aromatic N) is 2. The molecule has 0 bridgehead atoms. The maximum Gasteiger partial charge on any atom is 0.250 e. The predicted molar refractivity (Wildman–Crippen MR) is 132 cm³/mol. The van der Waals surface area contributed by atoms with Crippen LogP contribution in [0.4, 0.5) is 11.4 Å². The van der Waals surface area contributed by atoms with Gasteiger partial charge < -0.3 is 20.3 Å². The van der Waals surface area contributed by atoms with Crippen molar-refractivity contribution in [3.8, 4) is 0 Å². The first-order chi connectivity index (χ1) is 15.0. The summed E-state index contributed by atoms with van der Waals surface area (Å²) in [5.74, 6) is -0.271. The van der Waals surface area contributed by atoms with Crippen LogP contribution in [0.1, 0.15) is 22.7 Å². The number of thiocarbonyl (C=S) groups is 1. The number of aromatic nitrogens is 1. The SMILES string of the molecule is COCC(=O)Nc1ccc(N2C(=S)NC(c3ccccn3)C2c2ccc(Br)s2)cc1Cl. The van der Waals surface area contributed by atoms with Crippen LogP contribution in [0.3, 0.4) is 0 Å². The molecule has 2 aromatic heterocycles. The third kappa shape index (κ3) is 4.75. The van der Waals surface area contributed by atoms with E-state index in [0.717, 1.165) is 20.0 Å². The monoisotopic (exact) mass is 536 g/mol. The van der Waals surface area contributed by atoms with E-state index in [1.807, 2.05) is 35.2 Å². The van der Waals surface area contributed by atoms with Gasteiger partial charge in [0.05, 0.1) is 32.3 Å². The van der Waals surface area contributed by atoms with E-state index >= 15 is 0 Å². The molecule has 4 rings (SSSR count). The Morgan fingerprint density at radius 1 is 1.35 bits per heavy atom. The van der Waals surface area contributed by atoms with Crippen molar-refractivity contribution in [2.75, 3.05) is 23.9 Å². The molecule has 1 amide bonds. The first-order valence-corrected chi connectivity index (χ1v) is 11.7. The van der Waals surface area contributed by atoms with Gasteiger partial charge in [0.25, 0.3) is 0 Å². The average Bonchev–Trinajstić information content (AvgIpc) is 3.33. The van der Waals surface area contributed by atoms with Crippen LogP contribution in [0.5, 0.6) is 0 Å². The molecule has 0 radical (unpaired) electrons. The fraction of sp³-hybridized carbons (Fsp3) is 0.190. The van der Waals surface area contributed by atoms with Gasteiger partial charge in [-0.2, -0.15) is 0 Å². The van der Waals surface area contributed by atoms with Crippen molar-refractivity contribution in [1.82, 2.24) is 10.3 Å². The van der Waals surface area contributed by atoms with E-state index in [1.165, 1.54) is 7.11 Å². The van der Waals surface area contributed by atoms with Gasteiger partial charge in [0.15, 0.2) is 5.11 Å². The summed E-state index contributed by atoms with van der Waals surface area (Å²) in [7, 11) is 1.46. The molecular weight excluding hydrogens is 520 g/mol. The van der Waals surface area contributed by atoms with Gasteiger partial charge >= 0.3 is 0 Å². The second kappa shape index (κ2) is 9.62. The van der Waals surface area contributed by atoms with Crippen LogP contribution >= 0.6 is 51.1 Å². The molecule has 3 aromatic rings. The minimum atomic E-state index is -0.271. The topological polar surface area (TPSA) is 66.5 Å². The summed E-state index contributed by atoms with van der Waals surface area (Å²) >= 11 is 17.4. The van der Waals surface area contributed by atoms with Crippen molar-refractivity contribution < 1.29 is 9.53 Å². The Kier molecular flexibility index (Phi) is 6.88. The maximum atomic E-state index is 11.9. The Morgan fingerprint density at radius 3 is 2.84 bits per heavy atom. The molecule has 0 aliphatic carbocycles. The number of methoxy groups -OCH3 is 1. The first-order valence-electron chi connectivity index (χ1n) is 9.32. The molecule has 1 aliphatic heterocycles. The van der Waals surface area contributed by atoms with E-state index in [-0.39, 0.29) is 24.6 Å². The standard InChI is InChI=1S/C21H18BrClN4O2S2/c1-29-11-18(28)25-14-6-5-12(10-13(14)23)27-20(16-7-8-17(22)31-16)19(26-21(27)30)15-4-2-3-9-24-15/h2-10,19-20H,11H2,1H3,(H,25,28)(H,26,30). The lowest BCUT2D eigenvalue weighted by atomic mass is 10.0. The normalized spacial score (nSPS) is 18.2. The number of thiophene rings is 1. The van der Waals surface area contributed by atoms with Gasteiger partial charge in [-0.15, -0.1) is 11.3 Å². The molecule has 3 heterocycles. The number of nitrogens with one attached hydrogen (secondary N) is 2. The van der Waals surface area contributed by atoms with Gasteiger partial charge in [0.1, 0.15) is 6.61 Å². The Bertz CT molecular complexity index is 1110. The highest BCUT2D eigenvalue weighted by molar-refractivity contribution is 9.11. The average molecular weight is 538 g/mol.